The Balaban J connectivity index is 0.00000450. The lowest BCUT2D eigenvalue weighted by molar-refractivity contribution is 0.537. The molecule has 0 saturated carbocycles. The second-order valence-electron chi connectivity index (χ2n) is 7.65. The van der Waals surface area contributed by atoms with E-state index >= 15 is 0 Å². The molecular formula is C22H31ClIN3O2S. The van der Waals surface area contributed by atoms with E-state index in [1.54, 1.807) is 12.1 Å². The van der Waals surface area contributed by atoms with Gasteiger partial charge in [-0.3, -0.25) is 4.99 Å². The second kappa shape index (κ2) is 11.9. The lowest BCUT2D eigenvalue weighted by Crippen LogP contribution is -2.39. The quantitative estimate of drug-likeness (QED) is 0.283. The molecule has 0 spiro atoms. The van der Waals surface area contributed by atoms with Gasteiger partial charge in [0.15, 0.2) is 15.8 Å². The van der Waals surface area contributed by atoms with Crippen molar-refractivity contribution in [2.75, 3.05) is 25.9 Å². The normalized spacial score (nSPS) is 12.2. The Morgan fingerprint density at radius 1 is 1.07 bits per heavy atom. The molecule has 0 bridgehead atoms. The summed E-state index contributed by atoms with van der Waals surface area (Å²) in [6.45, 7) is 8.34. The highest BCUT2D eigenvalue weighted by Crippen LogP contribution is 2.29. The molecule has 2 aromatic carbocycles. The summed E-state index contributed by atoms with van der Waals surface area (Å²) in [6.07, 6.45) is 1.98. The highest BCUT2D eigenvalue weighted by molar-refractivity contribution is 14.0. The number of nitrogens with zero attached hydrogens (tertiary/aromatic N) is 1. The highest BCUT2D eigenvalue weighted by Gasteiger charge is 2.23. The van der Waals surface area contributed by atoms with Crippen LogP contribution in [0, 0.1) is 0 Å². The molecule has 30 heavy (non-hydrogen) atoms. The average Bonchev–Trinajstić information content (AvgIpc) is 2.66. The van der Waals surface area contributed by atoms with E-state index in [0.717, 1.165) is 35.1 Å². The molecule has 0 atom stereocenters. The molecule has 2 aromatic rings. The van der Waals surface area contributed by atoms with Crippen molar-refractivity contribution in [2.45, 2.75) is 37.5 Å². The summed E-state index contributed by atoms with van der Waals surface area (Å²) in [7, 11) is -3.16. The zero-order chi connectivity index (χ0) is 21.5. The van der Waals surface area contributed by atoms with Crippen LogP contribution >= 0.6 is 35.6 Å². The van der Waals surface area contributed by atoms with Gasteiger partial charge in [-0.1, -0.05) is 55.8 Å². The molecule has 0 aliphatic heterocycles. The van der Waals surface area contributed by atoms with Gasteiger partial charge in [0.2, 0.25) is 0 Å². The van der Waals surface area contributed by atoms with Gasteiger partial charge in [-0.15, -0.1) is 24.0 Å². The number of hydrogen-bond acceptors (Lipinski definition) is 3. The maximum atomic E-state index is 11.6. The topological polar surface area (TPSA) is 70.6 Å². The van der Waals surface area contributed by atoms with Gasteiger partial charge in [0.25, 0.3) is 0 Å². The minimum absolute atomic E-state index is 0. The zero-order valence-corrected chi connectivity index (χ0v) is 21.8. The average molecular weight is 564 g/mol. The van der Waals surface area contributed by atoms with E-state index in [9.17, 15) is 8.42 Å². The lowest BCUT2D eigenvalue weighted by atomic mass is 9.85. The van der Waals surface area contributed by atoms with Crippen molar-refractivity contribution in [3.05, 3.63) is 64.7 Å². The van der Waals surface area contributed by atoms with Crippen molar-refractivity contribution < 1.29 is 8.42 Å². The van der Waals surface area contributed by atoms with E-state index in [1.165, 1.54) is 6.26 Å². The van der Waals surface area contributed by atoms with Crippen molar-refractivity contribution >= 4 is 51.4 Å². The molecule has 0 saturated heterocycles. The van der Waals surface area contributed by atoms with Gasteiger partial charge in [0, 0.05) is 29.8 Å². The zero-order valence-electron chi connectivity index (χ0n) is 17.9. The number of aliphatic imine (C=N–C) groups is 1. The Morgan fingerprint density at radius 2 is 1.70 bits per heavy atom. The molecular weight excluding hydrogens is 533 g/mol. The molecule has 0 aliphatic rings. The Labute approximate surface area is 202 Å². The van der Waals surface area contributed by atoms with Crippen molar-refractivity contribution in [1.82, 2.24) is 10.6 Å². The molecule has 8 heteroatoms. The van der Waals surface area contributed by atoms with E-state index in [2.05, 4.69) is 24.5 Å². The number of sulfone groups is 1. The van der Waals surface area contributed by atoms with Gasteiger partial charge in [-0.25, -0.2) is 8.42 Å². The third kappa shape index (κ3) is 8.07. The summed E-state index contributed by atoms with van der Waals surface area (Å²) in [4.78, 5) is 5.08. The van der Waals surface area contributed by atoms with Crippen molar-refractivity contribution in [2.24, 2.45) is 4.99 Å². The monoisotopic (exact) mass is 563 g/mol. The second-order valence-corrected chi connectivity index (χ2v) is 10.1. The fourth-order valence-corrected chi connectivity index (χ4v) is 3.96. The third-order valence-corrected chi connectivity index (χ3v) is 6.10. The molecule has 166 valence electrons. The molecule has 0 aromatic heterocycles. The van der Waals surface area contributed by atoms with Gasteiger partial charge >= 0.3 is 0 Å². The summed E-state index contributed by atoms with van der Waals surface area (Å²) in [5.74, 6) is 0.750. The summed E-state index contributed by atoms with van der Waals surface area (Å²) in [5, 5.41) is 7.36. The van der Waals surface area contributed by atoms with Gasteiger partial charge in [0.05, 0.1) is 11.4 Å². The number of benzene rings is 2. The minimum Gasteiger partial charge on any atom is -0.357 e. The number of rotatable bonds is 8. The summed E-state index contributed by atoms with van der Waals surface area (Å²) >= 11 is 6.36. The Kier molecular flexibility index (Phi) is 10.6. The first-order chi connectivity index (χ1) is 13.6. The minimum atomic E-state index is -3.16. The van der Waals surface area contributed by atoms with Crippen LogP contribution in [0.2, 0.25) is 5.02 Å². The number of hydrogen-bond donors (Lipinski definition) is 2. The number of nitrogens with one attached hydrogen (secondary N) is 2. The van der Waals surface area contributed by atoms with Crippen LogP contribution in [0.5, 0.6) is 0 Å². The van der Waals surface area contributed by atoms with Crippen LogP contribution in [0.3, 0.4) is 0 Å². The lowest BCUT2D eigenvalue weighted by Gasteiger charge is -2.25. The van der Waals surface area contributed by atoms with Crippen molar-refractivity contribution in [3.63, 3.8) is 0 Å². The summed E-state index contributed by atoms with van der Waals surface area (Å²) in [5.41, 5.74) is 1.95. The first kappa shape index (κ1) is 26.7. The van der Waals surface area contributed by atoms with Crippen molar-refractivity contribution in [3.8, 4) is 0 Å². The largest absolute Gasteiger partial charge is 0.357 e. The Hall–Kier alpha value is -1.32. The molecule has 0 fully saturated rings. The predicted octanol–water partition coefficient (Wildman–Crippen LogP) is 4.44. The molecule has 0 heterocycles. The Bertz CT molecular complexity index is 945. The maximum absolute atomic E-state index is 11.6. The smallest absolute Gasteiger partial charge is 0.191 e. The highest BCUT2D eigenvalue weighted by atomic mass is 127. The van der Waals surface area contributed by atoms with E-state index in [4.69, 9.17) is 16.6 Å². The van der Waals surface area contributed by atoms with Crippen LogP contribution in [0.1, 0.15) is 31.9 Å². The van der Waals surface area contributed by atoms with Crippen LogP contribution in [0.25, 0.3) is 0 Å². The van der Waals surface area contributed by atoms with Crippen molar-refractivity contribution in [1.29, 1.82) is 0 Å². The molecule has 5 nitrogen and oxygen atoms in total. The van der Waals surface area contributed by atoms with Crippen LogP contribution < -0.4 is 10.6 Å². The third-order valence-electron chi connectivity index (χ3n) is 4.64. The molecule has 0 amide bonds. The van der Waals surface area contributed by atoms with Crippen LogP contribution in [-0.2, 0) is 21.7 Å². The number of guanidine groups is 1. The van der Waals surface area contributed by atoms with Gasteiger partial charge in [-0.05, 0) is 42.7 Å². The fraction of sp³-hybridized carbons (Fsp3) is 0.409. The summed E-state index contributed by atoms with van der Waals surface area (Å²) < 4.78 is 23.1. The van der Waals surface area contributed by atoms with Crippen LogP contribution in [-0.4, -0.2) is 40.3 Å². The molecule has 0 aliphatic carbocycles. The van der Waals surface area contributed by atoms with E-state index in [-0.39, 0.29) is 29.4 Å². The molecule has 0 radical (unpaired) electrons. The van der Waals surface area contributed by atoms with Gasteiger partial charge in [-0.2, -0.15) is 0 Å². The Morgan fingerprint density at radius 3 is 2.27 bits per heavy atom. The van der Waals surface area contributed by atoms with E-state index in [0.29, 0.717) is 18.0 Å². The fourth-order valence-electron chi connectivity index (χ4n) is 2.94. The first-order valence-corrected chi connectivity index (χ1v) is 12.0. The van der Waals surface area contributed by atoms with E-state index < -0.39 is 9.84 Å². The molecule has 2 N–H and O–H groups in total. The van der Waals surface area contributed by atoms with Crippen LogP contribution in [0.4, 0.5) is 0 Å². The predicted molar refractivity (Wildman–Crippen MR) is 137 cm³/mol. The van der Waals surface area contributed by atoms with Gasteiger partial charge < -0.3 is 10.6 Å². The standard InChI is InChI=1S/C22H30ClN3O2S.HI/c1-5-24-21(26-16-22(2,3)19-8-6-7-9-20(19)23)25-15-14-17-10-12-18(13-11-17)29(4,27)28;/h6-13H,5,14-16H2,1-4H3,(H2,24,25,26);1H. The molecule has 2 rings (SSSR count). The van der Waals surface area contributed by atoms with E-state index in [1.807, 2.05) is 43.3 Å². The maximum Gasteiger partial charge on any atom is 0.191 e. The van der Waals surface area contributed by atoms with Gasteiger partial charge in [0.1, 0.15) is 0 Å². The molecule has 0 unspecified atom stereocenters. The number of halogens is 2. The SMILES string of the molecule is CCNC(=NCC(C)(C)c1ccccc1Cl)NCCc1ccc(S(C)(=O)=O)cc1.I. The summed E-state index contributed by atoms with van der Waals surface area (Å²) in [6, 6.07) is 14.9. The van der Waals surface area contributed by atoms with Crippen LogP contribution in [0.15, 0.2) is 58.4 Å². The first-order valence-electron chi connectivity index (χ1n) is 9.69.